The highest BCUT2D eigenvalue weighted by Crippen LogP contribution is 2.43. The van der Waals surface area contributed by atoms with Crippen molar-refractivity contribution in [1.82, 2.24) is 10.2 Å². The Morgan fingerprint density at radius 1 is 0.900 bits per heavy atom. The normalized spacial score (nSPS) is 22.3. The fraction of sp³-hybridized carbons (Fsp3) is 0.333. The van der Waals surface area contributed by atoms with Crippen LogP contribution < -0.4 is 5.32 Å². The van der Waals surface area contributed by atoms with E-state index in [0.717, 1.165) is 44.0 Å². The van der Waals surface area contributed by atoms with Crippen LogP contribution in [0.15, 0.2) is 108 Å². The third-order valence-electron chi connectivity index (χ3n) is 9.30. The molecule has 2 saturated heterocycles. The number of thioether (sulfide) groups is 1. The zero-order valence-corrected chi connectivity index (χ0v) is 28.3. The van der Waals surface area contributed by atoms with Gasteiger partial charge >= 0.3 is 12.1 Å². The average molecular weight is 705 g/mol. The summed E-state index contributed by atoms with van der Waals surface area (Å²) in [5.74, 6) is -1.81. The van der Waals surface area contributed by atoms with E-state index in [1.54, 1.807) is 11.8 Å². The molecule has 0 bridgehead atoms. The molecule has 0 unspecified atom stereocenters. The molecule has 4 aromatic rings. The second kappa shape index (κ2) is 15.8. The van der Waals surface area contributed by atoms with Crippen molar-refractivity contribution >= 4 is 23.6 Å². The summed E-state index contributed by atoms with van der Waals surface area (Å²) < 4.78 is 52.5. The SMILES string of the molecule is C[C@@H]1[C@H](CSc2ccccc2)O[C@H](c2ccc(-c3ccccc3CNC(=O)[C@@H]3CCCN3C(=O)C(F)(F)F)cc2)O[C@@H]1c1ccc(CO)cc1. The molecule has 11 heteroatoms. The number of benzene rings is 4. The van der Waals surface area contributed by atoms with Crippen LogP contribution >= 0.6 is 11.8 Å². The Labute approximate surface area is 293 Å². The maximum absolute atomic E-state index is 13.1. The van der Waals surface area contributed by atoms with E-state index in [4.69, 9.17) is 9.47 Å². The first-order valence-electron chi connectivity index (χ1n) is 16.6. The number of ether oxygens (including phenoxy) is 2. The van der Waals surface area contributed by atoms with Crippen LogP contribution in [0.4, 0.5) is 13.2 Å². The first-order valence-corrected chi connectivity index (χ1v) is 17.6. The van der Waals surface area contributed by atoms with Crippen LogP contribution in [0.25, 0.3) is 11.1 Å². The van der Waals surface area contributed by atoms with Crippen molar-refractivity contribution in [3.05, 3.63) is 125 Å². The fourth-order valence-electron chi connectivity index (χ4n) is 6.53. The molecule has 2 N–H and O–H groups in total. The highest BCUT2D eigenvalue weighted by molar-refractivity contribution is 7.99. The van der Waals surface area contributed by atoms with Gasteiger partial charge in [0.1, 0.15) is 6.04 Å². The smallest absolute Gasteiger partial charge is 0.392 e. The van der Waals surface area contributed by atoms with Crippen molar-refractivity contribution in [2.24, 2.45) is 5.92 Å². The number of nitrogens with one attached hydrogen (secondary N) is 1. The molecule has 4 aromatic carbocycles. The van der Waals surface area contributed by atoms with Gasteiger partial charge in [0, 0.05) is 35.2 Å². The van der Waals surface area contributed by atoms with Gasteiger partial charge in [-0.15, -0.1) is 11.8 Å². The van der Waals surface area contributed by atoms with Crippen LogP contribution in [0.5, 0.6) is 0 Å². The molecule has 50 heavy (non-hydrogen) atoms. The molecular weight excluding hydrogens is 665 g/mol. The number of hydrogen-bond acceptors (Lipinski definition) is 6. The van der Waals surface area contributed by atoms with Gasteiger partial charge in [0.05, 0.1) is 18.8 Å². The molecule has 0 spiro atoms. The van der Waals surface area contributed by atoms with Crippen LogP contribution in [0.2, 0.25) is 0 Å². The molecule has 2 fully saturated rings. The Bertz CT molecular complexity index is 1750. The van der Waals surface area contributed by atoms with Crippen molar-refractivity contribution in [1.29, 1.82) is 0 Å². The lowest BCUT2D eigenvalue weighted by molar-refractivity contribution is -0.268. The number of halogens is 3. The van der Waals surface area contributed by atoms with E-state index in [2.05, 4.69) is 24.4 Å². The van der Waals surface area contributed by atoms with Crippen molar-refractivity contribution in [3.8, 4) is 11.1 Å². The largest absolute Gasteiger partial charge is 0.471 e. The predicted octanol–water partition coefficient (Wildman–Crippen LogP) is 7.60. The van der Waals surface area contributed by atoms with Crippen molar-refractivity contribution in [3.63, 3.8) is 0 Å². The zero-order chi connectivity index (χ0) is 35.3. The summed E-state index contributed by atoms with van der Waals surface area (Å²) >= 11 is 1.74. The number of aliphatic hydroxyl groups excluding tert-OH is 1. The van der Waals surface area contributed by atoms with Crippen LogP contribution in [0.3, 0.4) is 0 Å². The van der Waals surface area contributed by atoms with Gasteiger partial charge in [0.15, 0.2) is 6.29 Å². The summed E-state index contributed by atoms with van der Waals surface area (Å²) in [6.07, 6.45) is -5.50. The van der Waals surface area contributed by atoms with Crippen LogP contribution in [0, 0.1) is 5.92 Å². The van der Waals surface area contributed by atoms with Crippen molar-refractivity contribution < 1.29 is 37.3 Å². The number of amides is 2. The number of carbonyl (C=O) groups is 2. The third kappa shape index (κ3) is 8.24. The lowest BCUT2D eigenvalue weighted by atomic mass is 9.91. The minimum absolute atomic E-state index is 0.0344. The second-order valence-corrected chi connectivity index (χ2v) is 13.7. The standard InChI is InChI=1S/C39H39F3N2O5S/c1-25-34(24-50-31-9-3-2-4-10-31)48-37(49-35(25)28-15-13-26(23-45)14-16-28)29-19-17-27(18-20-29)32-11-6-5-8-30(32)22-43-36(46)33-12-7-21-44(33)38(47)39(40,41)42/h2-6,8-11,13-20,25,33-35,37,45H,7,12,21-24H2,1H3,(H,43,46)/t25-,33+,34+,35+,37+/m1/s1. The molecular formula is C39H39F3N2O5S. The quantitative estimate of drug-likeness (QED) is 0.166. The maximum Gasteiger partial charge on any atom is 0.471 e. The number of carbonyl (C=O) groups excluding carboxylic acids is 2. The molecule has 7 nitrogen and oxygen atoms in total. The highest BCUT2D eigenvalue weighted by Gasteiger charge is 2.47. The highest BCUT2D eigenvalue weighted by atomic mass is 32.2. The number of aliphatic hydroxyl groups is 1. The summed E-state index contributed by atoms with van der Waals surface area (Å²) in [5.41, 5.74) is 5.19. The Morgan fingerprint density at radius 2 is 1.58 bits per heavy atom. The molecule has 0 aromatic heterocycles. The molecule has 262 valence electrons. The van der Waals surface area contributed by atoms with Crippen molar-refractivity contribution in [2.45, 2.75) is 68.5 Å². The van der Waals surface area contributed by atoms with E-state index in [0.29, 0.717) is 11.3 Å². The minimum Gasteiger partial charge on any atom is -0.392 e. The van der Waals surface area contributed by atoms with Crippen molar-refractivity contribution in [2.75, 3.05) is 12.3 Å². The number of hydrogen-bond donors (Lipinski definition) is 2. The van der Waals surface area contributed by atoms with Gasteiger partial charge < -0.3 is 24.8 Å². The van der Waals surface area contributed by atoms with Gasteiger partial charge in [-0.25, -0.2) is 0 Å². The van der Waals surface area contributed by atoms with E-state index in [1.807, 2.05) is 91.0 Å². The second-order valence-electron chi connectivity index (χ2n) is 12.6. The molecule has 2 amide bonds. The molecule has 0 radical (unpaired) electrons. The van der Waals surface area contributed by atoms with E-state index >= 15 is 0 Å². The van der Waals surface area contributed by atoms with E-state index in [-0.39, 0.29) is 44.2 Å². The first kappa shape index (κ1) is 35.7. The van der Waals surface area contributed by atoms with Gasteiger partial charge in [-0.3, -0.25) is 9.59 Å². The molecule has 2 heterocycles. The number of likely N-dealkylation sites (tertiary alicyclic amines) is 1. The Kier molecular flexibility index (Phi) is 11.3. The van der Waals surface area contributed by atoms with Crippen LogP contribution in [-0.2, 0) is 32.2 Å². The van der Waals surface area contributed by atoms with E-state index in [9.17, 15) is 27.9 Å². The van der Waals surface area contributed by atoms with Gasteiger partial charge in [0.25, 0.3) is 0 Å². The van der Waals surface area contributed by atoms with E-state index < -0.39 is 30.3 Å². The van der Waals surface area contributed by atoms with Gasteiger partial charge in [-0.2, -0.15) is 13.2 Å². The predicted molar refractivity (Wildman–Crippen MR) is 185 cm³/mol. The third-order valence-corrected chi connectivity index (χ3v) is 10.4. The van der Waals surface area contributed by atoms with Gasteiger partial charge in [-0.1, -0.05) is 97.9 Å². The Hall–Kier alpha value is -4.16. The number of nitrogens with zero attached hydrogens (tertiary/aromatic N) is 1. The van der Waals surface area contributed by atoms with E-state index in [1.165, 1.54) is 0 Å². The van der Waals surface area contributed by atoms with Crippen LogP contribution in [-0.4, -0.2) is 52.4 Å². The Balaban J connectivity index is 1.17. The summed E-state index contributed by atoms with van der Waals surface area (Å²) in [4.78, 5) is 26.6. The summed E-state index contributed by atoms with van der Waals surface area (Å²) in [6, 6.07) is 32.2. The maximum atomic E-state index is 13.1. The Morgan fingerprint density at radius 3 is 2.28 bits per heavy atom. The summed E-state index contributed by atoms with van der Waals surface area (Å²) in [6.45, 7) is 2.09. The fourth-order valence-corrected chi connectivity index (χ4v) is 7.61. The molecule has 5 atom stereocenters. The number of alkyl halides is 3. The molecule has 0 aliphatic carbocycles. The molecule has 2 aliphatic heterocycles. The molecule has 2 aliphatic rings. The molecule has 0 saturated carbocycles. The van der Waals surface area contributed by atoms with Gasteiger partial charge in [0.2, 0.25) is 5.91 Å². The topological polar surface area (TPSA) is 88.1 Å². The lowest BCUT2D eigenvalue weighted by Crippen LogP contribution is -2.50. The summed E-state index contributed by atoms with van der Waals surface area (Å²) in [7, 11) is 0. The minimum atomic E-state index is -5.03. The monoisotopic (exact) mass is 704 g/mol. The first-order chi connectivity index (χ1) is 24.1. The summed E-state index contributed by atoms with van der Waals surface area (Å²) in [5, 5.41) is 12.3. The lowest BCUT2D eigenvalue weighted by Gasteiger charge is -2.41. The average Bonchev–Trinajstić information content (AvgIpc) is 3.63. The zero-order valence-electron chi connectivity index (χ0n) is 27.5. The molecule has 6 rings (SSSR count). The van der Waals surface area contributed by atoms with Crippen LogP contribution in [0.1, 0.15) is 54.4 Å². The van der Waals surface area contributed by atoms with Gasteiger partial charge in [-0.05, 0) is 52.8 Å². The number of rotatable bonds is 10.